The molecule has 4 N–H and O–H groups in total. The Kier molecular flexibility index (Phi) is 5.57. The van der Waals surface area contributed by atoms with E-state index in [1.807, 2.05) is 26.8 Å². The Hall–Kier alpha value is -2.02. The molecule has 1 aromatic rings. The number of urea groups is 1. The topological polar surface area (TPSA) is 112 Å². The van der Waals surface area contributed by atoms with E-state index in [0.29, 0.717) is 0 Å². The van der Waals surface area contributed by atoms with Crippen molar-refractivity contribution < 1.29 is 24.2 Å². The van der Waals surface area contributed by atoms with Gasteiger partial charge in [-0.2, -0.15) is 0 Å². The SMILES string of the molecule is Cc1cc(C(C)NC(=O)NCC[C@H](O)C(=O)O)c(C)o1. The summed E-state index contributed by atoms with van der Waals surface area (Å²) in [7, 11) is 0. The molecule has 0 radical (unpaired) electrons. The van der Waals surface area contributed by atoms with Crippen LogP contribution in [0.1, 0.15) is 36.5 Å². The smallest absolute Gasteiger partial charge is 0.332 e. The van der Waals surface area contributed by atoms with Gasteiger partial charge in [0.1, 0.15) is 11.5 Å². The van der Waals surface area contributed by atoms with E-state index in [2.05, 4.69) is 10.6 Å². The fourth-order valence-corrected chi connectivity index (χ4v) is 1.85. The fraction of sp³-hybridized carbons (Fsp3) is 0.538. The standard InChI is InChI=1S/C13H20N2O5/c1-7-6-10(9(3)20-7)8(2)15-13(19)14-5-4-11(16)12(17)18/h6,8,11,16H,4-5H2,1-3H3,(H,17,18)(H2,14,15,19)/t8?,11-/m0/s1. The molecule has 0 aliphatic rings. The van der Waals surface area contributed by atoms with Crippen LogP contribution in [0, 0.1) is 13.8 Å². The van der Waals surface area contributed by atoms with Crippen molar-refractivity contribution in [2.45, 2.75) is 39.3 Å². The number of aliphatic hydroxyl groups is 1. The van der Waals surface area contributed by atoms with Crippen molar-refractivity contribution in [1.82, 2.24) is 10.6 Å². The van der Waals surface area contributed by atoms with Crippen molar-refractivity contribution in [3.05, 3.63) is 23.2 Å². The number of carbonyl (C=O) groups is 2. The van der Waals surface area contributed by atoms with Crippen LogP contribution in [0.4, 0.5) is 4.79 Å². The summed E-state index contributed by atoms with van der Waals surface area (Å²) in [6, 6.07) is 1.21. The quantitative estimate of drug-likeness (QED) is 0.625. The maximum Gasteiger partial charge on any atom is 0.332 e. The van der Waals surface area contributed by atoms with Crippen LogP contribution in [-0.4, -0.2) is 34.9 Å². The third-order valence-corrected chi connectivity index (χ3v) is 2.88. The molecule has 0 fully saturated rings. The molecule has 112 valence electrons. The molecule has 20 heavy (non-hydrogen) atoms. The number of furan rings is 1. The lowest BCUT2D eigenvalue weighted by atomic mass is 10.1. The predicted molar refractivity (Wildman–Crippen MR) is 71.4 cm³/mol. The number of hydrogen-bond donors (Lipinski definition) is 4. The second-order valence-electron chi connectivity index (χ2n) is 4.63. The zero-order chi connectivity index (χ0) is 15.3. The number of aryl methyl sites for hydroxylation is 2. The van der Waals surface area contributed by atoms with Gasteiger partial charge in [-0.25, -0.2) is 9.59 Å². The van der Waals surface area contributed by atoms with Gasteiger partial charge in [-0.15, -0.1) is 0 Å². The van der Waals surface area contributed by atoms with E-state index < -0.39 is 18.1 Å². The van der Waals surface area contributed by atoms with Gasteiger partial charge in [-0.05, 0) is 26.8 Å². The van der Waals surface area contributed by atoms with Crippen LogP contribution in [0.5, 0.6) is 0 Å². The number of carboxylic acid groups (broad SMARTS) is 1. The summed E-state index contributed by atoms with van der Waals surface area (Å²) >= 11 is 0. The van der Waals surface area contributed by atoms with Gasteiger partial charge in [0.25, 0.3) is 0 Å². The van der Waals surface area contributed by atoms with E-state index in [-0.39, 0.29) is 19.0 Å². The Labute approximate surface area is 117 Å². The predicted octanol–water partition coefficient (Wildman–Crippen LogP) is 1.09. The molecule has 0 aromatic carbocycles. The third kappa shape index (κ3) is 4.58. The highest BCUT2D eigenvalue weighted by atomic mass is 16.4. The molecule has 1 unspecified atom stereocenters. The molecule has 0 aliphatic carbocycles. The van der Waals surface area contributed by atoms with Crippen molar-refractivity contribution >= 4 is 12.0 Å². The molecule has 7 heteroatoms. The summed E-state index contributed by atoms with van der Waals surface area (Å²) in [5.74, 6) is 0.220. The van der Waals surface area contributed by atoms with E-state index in [1.54, 1.807) is 0 Å². The van der Waals surface area contributed by atoms with Crippen LogP contribution in [0.15, 0.2) is 10.5 Å². The van der Waals surface area contributed by atoms with Crippen molar-refractivity contribution in [3.8, 4) is 0 Å². The average molecular weight is 284 g/mol. The Balaban J connectivity index is 2.39. The molecule has 0 saturated heterocycles. The maximum absolute atomic E-state index is 11.6. The Morgan fingerprint density at radius 3 is 2.55 bits per heavy atom. The fourth-order valence-electron chi connectivity index (χ4n) is 1.85. The van der Waals surface area contributed by atoms with Gasteiger partial charge in [0.2, 0.25) is 0 Å². The zero-order valence-electron chi connectivity index (χ0n) is 11.8. The van der Waals surface area contributed by atoms with Crippen LogP contribution in [-0.2, 0) is 4.79 Å². The van der Waals surface area contributed by atoms with Crippen LogP contribution in [0.3, 0.4) is 0 Å². The maximum atomic E-state index is 11.6. The molecule has 7 nitrogen and oxygen atoms in total. The lowest BCUT2D eigenvalue weighted by molar-refractivity contribution is -0.146. The second-order valence-corrected chi connectivity index (χ2v) is 4.63. The number of carbonyl (C=O) groups excluding carboxylic acids is 1. The summed E-state index contributed by atoms with van der Waals surface area (Å²) in [4.78, 5) is 22.0. The van der Waals surface area contributed by atoms with E-state index in [4.69, 9.17) is 14.6 Å². The van der Waals surface area contributed by atoms with Crippen LogP contribution in [0.2, 0.25) is 0 Å². The minimum atomic E-state index is -1.47. The first-order chi connectivity index (χ1) is 9.31. The number of aliphatic carboxylic acids is 1. The van der Waals surface area contributed by atoms with Crippen molar-refractivity contribution in [2.24, 2.45) is 0 Å². The lowest BCUT2D eigenvalue weighted by Crippen LogP contribution is -2.39. The molecular weight excluding hydrogens is 264 g/mol. The number of amides is 2. The second kappa shape index (κ2) is 6.95. The van der Waals surface area contributed by atoms with Crippen molar-refractivity contribution in [3.63, 3.8) is 0 Å². The van der Waals surface area contributed by atoms with Gasteiger partial charge in [0, 0.05) is 18.5 Å². The normalized spacial score (nSPS) is 13.6. The lowest BCUT2D eigenvalue weighted by Gasteiger charge is -2.14. The molecule has 0 bridgehead atoms. The number of nitrogens with one attached hydrogen (secondary N) is 2. The summed E-state index contributed by atoms with van der Waals surface area (Å²) in [6.07, 6.45) is -1.51. The van der Waals surface area contributed by atoms with Crippen LogP contribution in [0.25, 0.3) is 0 Å². The molecule has 2 atom stereocenters. The van der Waals surface area contributed by atoms with Crippen molar-refractivity contribution in [1.29, 1.82) is 0 Å². The first-order valence-corrected chi connectivity index (χ1v) is 6.33. The number of hydrogen-bond acceptors (Lipinski definition) is 4. The zero-order valence-corrected chi connectivity index (χ0v) is 11.8. The minimum absolute atomic E-state index is 0.0407. The summed E-state index contributed by atoms with van der Waals surface area (Å²) < 4.78 is 5.39. The largest absolute Gasteiger partial charge is 0.479 e. The molecule has 0 saturated carbocycles. The molecule has 0 aliphatic heterocycles. The average Bonchev–Trinajstić information content (AvgIpc) is 2.68. The molecular formula is C13H20N2O5. The molecule has 0 spiro atoms. The minimum Gasteiger partial charge on any atom is -0.479 e. The van der Waals surface area contributed by atoms with Gasteiger partial charge in [-0.1, -0.05) is 0 Å². The summed E-state index contributed by atoms with van der Waals surface area (Å²) in [5, 5.41) is 22.7. The summed E-state index contributed by atoms with van der Waals surface area (Å²) in [6.45, 7) is 5.55. The van der Waals surface area contributed by atoms with Crippen molar-refractivity contribution in [2.75, 3.05) is 6.54 Å². The highest BCUT2D eigenvalue weighted by molar-refractivity contribution is 5.75. The van der Waals surface area contributed by atoms with Gasteiger partial charge >= 0.3 is 12.0 Å². The van der Waals surface area contributed by atoms with Gasteiger partial charge in [-0.3, -0.25) is 0 Å². The number of aliphatic hydroxyl groups excluding tert-OH is 1. The van der Waals surface area contributed by atoms with Crippen LogP contribution >= 0.6 is 0 Å². The van der Waals surface area contributed by atoms with E-state index in [1.165, 1.54) is 0 Å². The molecule has 1 rings (SSSR count). The highest BCUT2D eigenvalue weighted by Gasteiger charge is 2.16. The molecule has 2 amide bonds. The van der Waals surface area contributed by atoms with E-state index in [0.717, 1.165) is 17.1 Å². The third-order valence-electron chi connectivity index (χ3n) is 2.88. The highest BCUT2D eigenvalue weighted by Crippen LogP contribution is 2.20. The number of rotatable bonds is 6. The number of carboxylic acids is 1. The first-order valence-electron chi connectivity index (χ1n) is 6.33. The van der Waals surface area contributed by atoms with Crippen LogP contribution < -0.4 is 10.6 Å². The monoisotopic (exact) mass is 284 g/mol. The van der Waals surface area contributed by atoms with E-state index >= 15 is 0 Å². The molecule has 1 heterocycles. The van der Waals surface area contributed by atoms with Gasteiger partial charge < -0.3 is 25.3 Å². The van der Waals surface area contributed by atoms with E-state index in [9.17, 15) is 9.59 Å². The first kappa shape index (κ1) is 16.0. The molecule has 1 aromatic heterocycles. The van der Waals surface area contributed by atoms with Gasteiger partial charge in [0.05, 0.1) is 6.04 Å². The summed E-state index contributed by atoms with van der Waals surface area (Å²) in [5.41, 5.74) is 0.892. The Bertz CT molecular complexity index is 483. The van der Waals surface area contributed by atoms with Gasteiger partial charge in [0.15, 0.2) is 6.10 Å². The Morgan fingerprint density at radius 2 is 2.05 bits per heavy atom. The Morgan fingerprint density at radius 1 is 1.40 bits per heavy atom.